The molecule has 2 fully saturated rings. The van der Waals surface area contributed by atoms with Crippen LogP contribution >= 0.6 is 27.7 Å². The highest BCUT2D eigenvalue weighted by atomic mass is 79.9. The summed E-state index contributed by atoms with van der Waals surface area (Å²) >= 11 is 5.34. The lowest BCUT2D eigenvalue weighted by Gasteiger charge is -2.41. The zero-order chi connectivity index (χ0) is 22.6. The average Bonchev–Trinajstić information content (AvgIpc) is 2.87. The maximum atomic E-state index is 5.59. The van der Waals surface area contributed by atoms with Gasteiger partial charge in [-0.1, -0.05) is 59.1 Å². The SMILES string of the molecule is COc1ccc(Br)cc1CSc1nc2ccccc2nc1N1CCN(C2CCCCC2)CC1. The summed E-state index contributed by atoms with van der Waals surface area (Å²) in [7, 11) is 1.73. The van der Waals surface area contributed by atoms with Gasteiger partial charge in [-0.15, -0.1) is 0 Å². The summed E-state index contributed by atoms with van der Waals surface area (Å²) in [6.07, 6.45) is 6.92. The number of ether oxygens (including phenoxy) is 1. The normalized spacial score (nSPS) is 18.1. The fraction of sp³-hybridized carbons (Fsp3) is 0.462. The minimum atomic E-state index is 0.779. The first-order valence-electron chi connectivity index (χ1n) is 11.9. The fourth-order valence-corrected chi connectivity index (χ4v) is 6.42. The monoisotopic (exact) mass is 526 g/mol. The number of halogens is 1. The van der Waals surface area contributed by atoms with Crippen molar-refractivity contribution >= 4 is 44.5 Å². The largest absolute Gasteiger partial charge is 0.496 e. The lowest BCUT2D eigenvalue weighted by molar-refractivity contribution is 0.147. The van der Waals surface area contributed by atoms with Gasteiger partial charge in [-0.25, -0.2) is 9.97 Å². The van der Waals surface area contributed by atoms with Crippen molar-refractivity contribution in [2.75, 3.05) is 38.2 Å². The second-order valence-electron chi connectivity index (χ2n) is 8.90. The average molecular weight is 528 g/mol. The standard InChI is InChI=1S/C26H31BrN4OS/c1-32-24-12-11-20(27)17-19(24)18-33-26-25(28-22-9-5-6-10-23(22)29-26)31-15-13-30(14-16-31)21-7-3-2-4-8-21/h5-6,9-12,17,21H,2-4,7-8,13-16,18H2,1H3. The Bertz CT molecular complexity index is 1100. The van der Waals surface area contributed by atoms with Gasteiger partial charge in [0.15, 0.2) is 5.82 Å². The summed E-state index contributed by atoms with van der Waals surface area (Å²) in [6, 6.07) is 15.1. The number of piperazine rings is 1. The van der Waals surface area contributed by atoms with Gasteiger partial charge in [0.05, 0.1) is 18.1 Å². The van der Waals surface area contributed by atoms with Crippen LogP contribution < -0.4 is 9.64 Å². The first-order chi connectivity index (χ1) is 16.2. The number of hydrogen-bond acceptors (Lipinski definition) is 6. The van der Waals surface area contributed by atoms with E-state index in [0.717, 1.165) is 75.6 Å². The van der Waals surface area contributed by atoms with Crippen LogP contribution in [-0.4, -0.2) is 54.2 Å². The van der Waals surface area contributed by atoms with Gasteiger partial charge in [-0.2, -0.15) is 0 Å². The van der Waals surface area contributed by atoms with Crippen LogP contribution in [0.2, 0.25) is 0 Å². The Balaban J connectivity index is 1.37. The van der Waals surface area contributed by atoms with Crippen molar-refractivity contribution in [2.24, 2.45) is 0 Å². The molecule has 0 bridgehead atoms. The van der Waals surface area contributed by atoms with E-state index in [1.165, 1.54) is 32.1 Å². The van der Waals surface area contributed by atoms with Crippen molar-refractivity contribution in [2.45, 2.75) is 48.9 Å². The molecule has 174 valence electrons. The van der Waals surface area contributed by atoms with Gasteiger partial charge in [0.25, 0.3) is 0 Å². The summed E-state index contributed by atoms with van der Waals surface area (Å²) in [4.78, 5) is 15.3. The van der Waals surface area contributed by atoms with Crippen molar-refractivity contribution in [1.82, 2.24) is 14.9 Å². The van der Waals surface area contributed by atoms with Crippen LogP contribution in [-0.2, 0) is 5.75 Å². The summed E-state index contributed by atoms with van der Waals surface area (Å²) < 4.78 is 6.65. The topological polar surface area (TPSA) is 41.5 Å². The number of hydrogen-bond donors (Lipinski definition) is 0. The summed E-state index contributed by atoms with van der Waals surface area (Å²) in [5.74, 6) is 2.71. The molecule has 0 atom stereocenters. The third kappa shape index (κ3) is 5.31. The molecule has 2 aromatic carbocycles. The van der Waals surface area contributed by atoms with Gasteiger partial charge in [0.1, 0.15) is 10.8 Å². The van der Waals surface area contributed by atoms with Gasteiger partial charge < -0.3 is 9.64 Å². The Morgan fingerprint density at radius 1 is 0.970 bits per heavy atom. The van der Waals surface area contributed by atoms with E-state index in [0.29, 0.717) is 0 Å². The second-order valence-corrected chi connectivity index (χ2v) is 10.8. The highest BCUT2D eigenvalue weighted by Gasteiger charge is 2.27. The van der Waals surface area contributed by atoms with Crippen molar-refractivity contribution in [3.8, 4) is 5.75 Å². The lowest BCUT2D eigenvalue weighted by atomic mass is 9.94. The molecule has 1 saturated carbocycles. The number of anilines is 1. The van der Waals surface area contributed by atoms with Crippen molar-refractivity contribution in [1.29, 1.82) is 0 Å². The van der Waals surface area contributed by atoms with E-state index >= 15 is 0 Å². The Morgan fingerprint density at radius 2 is 1.70 bits per heavy atom. The molecular formula is C26H31BrN4OS. The molecule has 7 heteroatoms. The van der Waals surface area contributed by atoms with Gasteiger partial charge in [-0.3, -0.25) is 4.90 Å². The van der Waals surface area contributed by atoms with Crippen LogP contribution in [0.5, 0.6) is 5.75 Å². The molecule has 5 rings (SSSR count). The number of para-hydroxylation sites is 2. The zero-order valence-corrected chi connectivity index (χ0v) is 21.6. The minimum Gasteiger partial charge on any atom is -0.496 e. The van der Waals surface area contributed by atoms with E-state index in [2.05, 4.69) is 43.9 Å². The van der Waals surface area contributed by atoms with Crippen LogP contribution in [0.25, 0.3) is 11.0 Å². The molecule has 0 radical (unpaired) electrons. The predicted octanol–water partition coefficient (Wildman–Crippen LogP) is 6.15. The first kappa shape index (κ1) is 22.9. The minimum absolute atomic E-state index is 0.779. The molecule has 0 unspecified atom stereocenters. The summed E-state index contributed by atoms with van der Waals surface area (Å²) in [6.45, 7) is 4.25. The fourth-order valence-electron chi connectivity index (χ4n) is 5.03. The Kier molecular flexibility index (Phi) is 7.38. The molecule has 1 aliphatic carbocycles. The molecule has 1 aliphatic heterocycles. The molecule has 5 nitrogen and oxygen atoms in total. The van der Waals surface area contributed by atoms with E-state index in [9.17, 15) is 0 Å². The van der Waals surface area contributed by atoms with Crippen molar-refractivity contribution in [3.63, 3.8) is 0 Å². The Morgan fingerprint density at radius 3 is 2.42 bits per heavy atom. The van der Waals surface area contributed by atoms with Crippen molar-refractivity contribution in [3.05, 3.63) is 52.5 Å². The van der Waals surface area contributed by atoms with Crippen LogP contribution in [0.4, 0.5) is 5.82 Å². The van der Waals surface area contributed by atoms with E-state index in [1.807, 2.05) is 24.3 Å². The maximum absolute atomic E-state index is 5.59. The Labute approximate surface area is 209 Å². The molecule has 1 aromatic heterocycles. The molecule has 1 saturated heterocycles. The quantitative estimate of drug-likeness (QED) is 0.359. The van der Waals surface area contributed by atoms with E-state index < -0.39 is 0 Å². The molecule has 3 aromatic rings. The molecule has 2 aliphatic rings. The molecule has 0 N–H and O–H groups in total. The Hall–Kier alpha value is -1.83. The van der Waals surface area contributed by atoms with Crippen LogP contribution in [0, 0.1) is 0 Å². The third-order valence-corrected chi connectivity index (χ3v) is 8.33. The van der Waals surface area contributed by atoms with Gasteiger partial charge in [0, 0.05) is 48.0 Å². The molecule has 0 spiro atoms. The number of methoxy groups -OCH3 is 1. The van der Waals surface area contributed by atoms with Crippen LogP contribution in [0.1, 0.15) is 37.7 Å². The molecule has 33 heavy (non-hydrogen) atoms. The second kappa shape index (κ2) is 10.6. The lowest BCUT2D eigenvalue weighted by Crippen LogP contribution is -2.51. The highest BCUT2D eigenvalue weighted by molar-refractivity contribution is 9.10. The number of fused-ring (bicyclic) bond motifs is 1. The van der Waals surface area contributed by atoms with Gasteiger partial charge in [-0.05, 0) is 43.2 Å². The smallest absolute Gasteiger partial charge is 0.162 e. The summed E-state index contributed by atoms with van der Waals surface area (Å²) in [5.41, 5.74) is 3.07. The van der Waals surface area contributed by atoms with E-state index in [1.54, 1.807) is 18.9 Å². The highest BCUT2D eigenvalue weighted by Crippen LogP contribution is 2.35. The third-order valence-electron chi connectivity index (χ3n) is 6.83. The van der Waals surface area contributed by atoms with Crippen molar-refractivity contribution < 1.29 is 4.74 Å². The van der Waals surface area contributed by atoms with E-state index in [-0.39, 0.29) is 0 Å². The van der Waals surface area contributed by atoms with Crippen LogP contribution in [0.15, 0.2) is 52.0 Å². The van der Waals surface area contributed by atoms with Gasteiger partial charge >= 0.3 is 0 Å². The first-order valence-corrected chi connectivity index (χ1v) is 13.7. The number of benzene rings is 2. The number of aromatic nitrogens is 2. The number of nitrogens with zero attached hydrogens (tertiary/aromatic N) is 4. The number of thioether (sulfide) groups is 1. The molecular weight excluding hydrogens is 496 g/mol. The molecule has 0 amide bonds. The molecule has 2 heterocycles. The number of rotatable bonds is 6. The zero-order valence-electron chi connectivity index (χ0n) is 19.2. The van der Waals surface area contributed by atoms with Gasteiger partial charge in [0.2, 0.25) is 0 Å². The predicted molar refractivity (Wildman–Crippen MR) is 140 cm³/mol. The summed E-state index contributed by atoms with van der Waals surface area (Å²) in [5, 5.41) is 1.00. The van der Waals surface area contributed by atoms with E-state index in [4.69, 9.17) is 14.7 Å². The van der Waals surface area contributed by atoms with Crippen LogP contribution in [0.3, 0.4) is 0 Å². The maximum Gasteiger partial charge on any atom is 0.162 e.